The van der Waals surface area contributed by atoms with E-state index in [0.29, 0.717) is 0 Å². The fraction of sp³-hybridized carbons (Fsp3) is 0.280. The van der Waals surface area contributed by atoms with E-state index in [4.69, 9.17) is 5.11 Å². The molecular weight excluding hydrogens is 538 g/mol. The Morgan fingerprint density at radius 2 is 1.86 bits per heavy atom. The Bertz CT molecular complexity index is 985. The maximum atomic E-state index is 10.0. The molecule has 0 saturated carbocycles. The smallest absolute Gasteiger partial charge is 0.155 e. The molecule has 1 heterocycles. The number of aromatic nitrogens is 1. The minimum Gasteiger partial charge on any atom is -0.512 e. The number of allylic oxidation sites excluding steroid dienone is 2. The first-order chi connectivity index (χ1) is 13.3. The number of pyridine rings is 1. The number of nitrogens with zero attached hydrogens (tertiary/aromatic N) is 1. The standard InChI is InChI=1S/C20H20N.C5H8O2.Ir/c1-4-5-16-6-7-19-17(13-16)8-9-21-20(19)18-11-14(2)10-15(3)12-18;1-4(6)3-5(2)7;/h6-11,13H,4-5H2,1-3H3;3,6H,1-2H3;/q-1;;/b;4-3-;. The molecule has 0 spiro atoms. The number of hydrogen-bond acceptors (Lipinski definition) is 3. The molecule has 0 saturated heterocycles. The van der Waals surface area contributed by atoms with Crippen molar-refractivity contribution in [2.45, 2.75) is 47.5 Å². The van der Waals surface area contributed by atoms with Gasteiger partial charge in [-0.2, -0.15) is 0 Å². The van der Waals surface area contributed by atoms with Crippen LogP contribution < -0.4 is 0 Å². The van der Waals surface area contributed by atoms with Crippen molar-refractivity contribution in [3.8, 4) is 11.3 Å². The van der Waals surface area contributed by atoms with Crippen LogP contribution in [0.1, 0.15) is 43.9 Å². The summed E-state index contributed by atoms with van der Waals surface area (Å²) in [5, 5.41) is 10.8. The van der Waals surface area contributed by atoms with Gasteiger partial charge in [-0.25, -0.2) is 0 Å². The van der Waals surface area contributed by atoms with Crippen molar-refractivity contribution in [2.75, 3.05) is 0 Å². The summed E-state index contributed by atoms with van der Waals surface area (Å²) in [7, 11) is 0. The van der Waals surface area contributed by atoms with Gasteiger partial charge in [0, 0.05) is 32.4 Å². The fourth-order valence-corrected chi connectivity index (χ4v) is 3.20. The van der Waals surface area contributed by atoms with E-state index in [1.807, 2.05) is 6.20 Å². The number of fused-ring (bicyclic) bond motifs is 1. The number of carbonyl (C=O) groups excluding carboxylic acids is 1. The number of aliphatic hydroxyl groups excluding tert-OH is 1. The Morgan fingerprint density at radius 3 is 2.41 bits per heavy atom. The predicted octanol–water partition coefficient (Wildman–Crippen LogP) is 6.31. The zero-order valence-corrected chi connectivity index (χ0v) is 20.1. The number of aliphatic hydroxyl groups is 1. The molecule has 0 amide bonds. The van der Waals surface area contributed by atoms with Crippen molar-refractivity contribution < 1.29 is 30.0 Å². The third kappa shape index (κ3) is 7.56. The van der Waals surface area contributed by atoms with E-state index in [1.54, 1.807) is 0 Å². The van der Waals surface area contributed by atoms with E-state index < -0.39 is 0 Å². The molecule has 29 heavy (non-hydrogen) atoms. The maximum Gasteiger partial charge on any atom is 0.155 e. The molecule has 3 aromatic rings. The monoisotopic (exact) mass is 567 g/mol. The molecule has 1 aromatic heterocycles. The number of rotatable bonds is 4. The Labute approximate surface area is 187 Å². The molecule has 0 bridgehead atoms. The van der Waals surface area contributed by atoms with Gasteiger partial charge in [-0.15, -0.1) is 34.9 Å². The average molecular weight is 567 g/mol. The van der Waals surface area contributed by atoms with Gasteiger partial charge in [0.1, 0.15) is 0 Å². The van der Waals surface area contributed by atoms with Crippen LogP contribution in [0.5, 0.6) is 0 Å². The molecule has 0 unspecified atom stereocenters. The number of aryl methyl sites for hydroxylation is 3. The van der Waals surface area contributed by atoms with Gasteiger partial charge in [-0.05, 0) is 48.4 Å². The number of hydrogen-bond donors (Lipinski definition) is 1. The molecule has 0 atom stereocenters. The molecule has 0 fully saturated rings. The fourth-order valence-electron chi connectivity index (χ4n) is 3.20. The number of benzene rings is 2. The summed E-state index contributed by atoms with van der Waals surface area (Å²) in [6, 6.07) is 16.5. The van der Waals surface area contributed by atoms with Crippen molar-refractivity contribution in [3.05, 3.63) is 77.2 Å². The molecule has 0 aliphatic carbocycles. The summed E-state index contributed by atoms with van der Waals surface area (Å²) in [4.78, 5) is 14.6. The maximum absolute atomic E-state index is 10.0. The predicted molar refractivity (Wildman–Crippen MR) is 117 cm³/mol. The van der Waals surface area contributed by atoms with Crippen LogP contribution in [-0.4, -0.2) is 15.9 Å². The molecule has 0 aliphatic heterocycles. The van der Waals surface area contributed by atoms with Gasteiger partial charge in [0.2, 0.25) is 0 Å². The first kappa shape index (κ1) is 24.7. The Morgan fingerprint density at radius 1 is 1.14 bits per heavy atom. The van der Waals surface area contributed by atoms with Crippen LogP contribution in [0.15, 0.2) is 54.4 Å². The largest absolute Gasteiger partial charge is 0.512 e. The second-order valence-electron chi connectivity index (χ2n) is 7.12. The van der Waals surface area contributed by atoms with Crippen LogP contribution >= 0.6 is 0 Å². The van der Waals surface area contributed by atoms with Crippen LogP contribution in [0, 0.1) is 19.9 Å². The third-order valence-electron chi connectivity index (χ3n) is 4.18. The summed E-state index contributed by atoms with van der Waals surface area (Å²) >= 11 is 0. The van der Waals surface area contributed by atoms with Crippen molar-refractivity contribution >= 4 is 16.6 Å². The Hall–Kier alpha value is -2.29. The zero-order valence-electron chi connectivity index (χ0n) is 17.7. The van der Waals surface area contributed by atoms with E-state index in [1.165, 1.54) is 48.2 Å². The molecule has 1 N–H and O–H groups in total. The second kappa shape index (κ2) is 11.6. The van der Waals surface area contributed by atoms with E-state index in [-0.39, 0.29) is 31.6 Å². The Balaban J connectivity index is 0.000000456. The van der Waals surface area contributed by atoms with Gasteiger partial charge in [-0.1, -0.05) is 45.4 Å². The van der Waals surface area contributed by atoms with Gasteiger partial charge in [0.15, 0.2) is 5.78 Å². The van der Waals surface area contributed by atoms with Gasteiger partial charge in [0.25, 0.3) is 0 Å². The van der Waals surface area contributed by atoms with Crippen molar-refractivity contribution in [1.82, 2.24) is 4.98 Å². The molecule has 3 rings (SSSR count). The van der Waals surface area contributed by atoms with Crippen molar-refractivity contribution in [1.29, 1.82) is 0 Å². The second-order valence-corrected chi connectivity index (χ2v) is 7.12. The average Bonchev–Trinajstić information content (AvgIpc) is 2.60. The van der Waals surface area contributed by atoms with Crippen molar-refractivity contribution in [2.24, 2.45) is 0 Å². The zero-order chi connectivity index (χ0) is 20.7. The van der Waals surface area contributed by atoms with Crippen LogP contribution in [0.2, 0.25) is 0 Å². The van der Waals surface area contributed by atoms with Gasteiger partial charge in [0.05, 0.1) is 5.76 Å². The summed E-state index contributed by atoms with van der Waals surface area (Å²) in [6.07, 6.45) is 5.37. The van der Waals surface area contributed by atoms with Crippen molar-refractivity contribution in [3.63, 3.8) is 0 Å². The third-order valence-corrected chi connectivity index (χ3v) is 4.18. The van der Waals surface area contributed by atoms with E-state index >= 15 is 0 Å². The Kier molecular flexibility index (Phi) is 9.94. The van der Waals surface area contributed by atoms with Gasteiger partial charge < -0.3 is 10.1 Å². The topological polar surface area (TPSA) is 50.2 Å². The minimum atomic E-state index is -0.125. The summed E-state index contributed by atoms with van der Waals surface area (Å²) in [5.41, 5.74) is 5.92. The molecule has 3 nitrogen and oxygen atoms in total. The van der Waals surface area contributed by atoms with E-state index in [9.17, 15) is 4.79 Å². The first-order valence-corrected chi connectivity index (χ1v) is 9.56. The molecular formula is C25H28IrNO2-. The van der Waals surface area contributed by atoms with Gasteiger partial charge in [-0.3, -0.25) is 4.79 Å². The molecule has 2 aromatic carbocycles. The number of ketones is 1. The molecule has 4 heteroatoms. The first-order valence-electron chi connectivity index (χ1n) is 9.56. The van der Waals surface area contributed by atoms with Gasteiger partial charge >= 0.3 is 0 Å². The molecule has 1 radical (unpaired) electrons. The summed E-state index contributed by atoms with van der Waals surface area (Å²) in [5.74, 6) is -0.0625. The van der Waals surface area contributed by atoms with Crippen LogP contribution in [0.4, 0.5) is 0 Å². The van der Waals surface area contributed by atoms with Crippen LogP contribution in [0.25, 0.3) is 22.0 Å². The van der Waals surface area contributed by atoms with Crippen LogP contribution in [0.3, 0.4) is 0 Å². The quantitative estimate of drug-likeness (QED) is 0.229. The normalized spacial score (nSPS) is 10.7. The SMILES string of the molecule is CC(=O)/C=C(/C)O.CCCc1ccc2c(-c3[c-]c(C)cc(C)c3)nccc2c1.[Ir]. The van der Waals surface area contributed by atoms with E-state index in [0.717, 1.165) is 23.2 Å². The summed E-state index contributed by atoms with van der Waals surface area (Å²) < 4.78 is 0. The minimum absolute atomic E-state index is 0. The number of carbonyl (C=O) groups is 1. The van der Waals surface area contributed by atoms with E-state index in [2.05, 4.69) is 68.2 Å². The summed E-state index contributed by atoms with van der Waals surface area (Å²) in [6.45, 7) is 9.27. The molecule has 0 aliphatic rings. The van der Waals surface area contributed by atoms with Crippen LogP contribution in [-0.2, 0) is 31.3 Å². The molecule has 155 valence electrons.